The number of likely N-dealkylation sites (N-methyl/N-ethyl adjacent to an activating group) is 1. The van der Waals surface area contributed by atoms with Crippen molar-refractivity contribution in [2.45, 2.75) is 26.8 Å². The Labute approximate surface area is 187 Å². The van der Waals surface area contributed by atoms with Crippen molar-refractivity contribution < 1.29 is 14.7 Å². The minimum Gasteiger partial charge on any atom is -0.505 e. The molecule has 0 radical (unpaired) electrons. The topological polar surface area (TPSA) is 78.1 Å². The highest BCUT2D eigenvalue weighted by atomic mass is 16.3. The van der Waals surface area contributed by atoms with E-state index in [0.29, 0.717) is 30.1 Å². The Morgan fingerprint density at radius 2 is 1.78 bits per heavy atom. The maximum atomic E-state index is 13.2. The van der Waals surface area contributed by atoms with E-state index in [1.165, 1.54) is 0 Å². The Kier molecular flexibility index (Phi) is 5.60. The van der Waals surface area contributed by atoms with Gasteiger partial charge in [0, 0.05) is 19.3 Å². The number of carbonyl (C=O) groups excluding carboxylic acids is 2. The summed E-state index contributed by atoms with van der Waals surface area (Å²) >= 11 is 0. The van der Waals surface area contributed by atoms with Crippen molar-refractivity contribution in [1.82, 2.24) is 19.2 Å². The van der Waals surface area contributed by atoms with E-state index in [4.69, 9.17) is 0 Å². The average molecular weight is 433 g/mol. The van der Waals surface area contributed by atoms with Crippen LogP contribution in [0.25, 0.3) is 11.4 Å². The summed E-state index contributed by atoms with van der Waals surface area (Å²) in [6, 6.07) is 10.9. The molecule has 7 nitrogen and oxygen atoms in total. The molecule has 0 saturated carbocycles. The third-order valence-corrected chi connectivity index (χ3v) is 5.96. The molecule has 1 atom stereocenters. The van der Waals surface area contributed by atoms with Gasteiger partial charge in [-0.05, 0) is 52.1 Å². The Hall–Kier alpha value is -3.45. The van der Waals surface area contributed by atoms with Gasteiger partial charge in [-0.25, -0.2) is 4.98 Å². The molecule has 166 valence electrons. The van der Waals surface area contributed by atoms with Crippen molar-refractivity contribution in [1.29, 1.82) is 0 Å². The van der Waals surface area contributed by atoms with E-state index >= 15 is 0 Å². The first kappa shape index (κ1) is 21.8. The second kappa shape index (κ2) is 8.24. The van der Waals surface area contributed by atoms with Crippen LogP contribution in [-0.2, 0) is 9.59 Å². The van der Waals surface area contributed by atoms with E-state index in [0.717, 1.165) is 16.7 Å². The van der Waals surface area contributed by atoms with E-state index in [-0.39, 0.29) is 11.3 Å². The highest BCUT2D eigenvalue weighted by Crippen LogP contribution is 2.40. The zero-order valence-corrected chi connectivity index (χ0v) is 19.1. The maximum Gasteiger partial charge on any atom is 0.295 e. The molecule has 1 aromatic carbocycles. The number of rotatable bonds is 5. The molecule has 0 spiro atoms. The third-order valence-electron chi connectivity index (χ3n) is 5.96. The van der Waals surface area contributed by atoms with Gasteiger partial charge in [0.15, 0.2) is 5.76 Å². The number of nitrogens with zero attached hydrogens (tertiary/aromatic N) is 4. The van der Waals surface area contributed by atoms with Crippen LogP contribution in [0.1, 0.15) is 34.1 Å². The summed E-state index contributed by atoms with van der Waals surface area (Å²) in [6.07, 6.45) is 1.81. The summed E-state index contributed by atoms with van der Waals surface area (Å²) in [6.45, 7) is 6.70. The minimum absolute atomic E-state index is 0.101. The summed E-state index contributed by atoms with van der Waals surface area (Å²) < 4.78 is 1.78. The number of amides is 1. The lowest BCUT2D eigenvalue weighted by atomic mass is 9.95. The number of aliphatic hydroxyl groups is 1. The number of Topliss-reactive ketones (excluding diaryl/α,β-unsaturated/α-hetero) is 1. The number of aromatic nitrogens is 2. The number of likely N-dealkylation sites (tertiary alicyclic amines) is 1. The smallest absolute Gasteiger partial charge is 0.295 e. The number of aliphatic hydroxyl groups excluding tert-OH is 1. The molecular weight excluding hydrogens is 404 g/mol. The average Bonchev–Trinajstić information content (AvgIpc) is 3.21. The lowest BCUT2D eigenvalue weighted by Gasteiger charge is -2.26. The van der Waals surface area contributed by atoms with Crippen LogP contribution >= 0.6 is 0 Å². The first-order valence-corrected chi connectivity index (χ1v) is 10.6. The van der Waals surface area contributed by atoms with Gasteiger partial charge in [-0.2, -0.15) is 0 Å². The lowest BCUT2D eigenvalue weighted by molar-refractivity contribution is -0.140. The standard InChI is InChI=1S/C25H28N4O3/c1-15-8-10-18(11-9-15)21-19(23(31)25(32)29(21)14-13-27(4)5)22(30)20-17(3)26-24-16(2)7-6-12-28(20)24/h6-12,21,30H,13-14H2,1-5H3/t21-/m0/s1. The summed E-state index contributed by atoms with van der Waals surface area (Å²) in [4.78, 5) is 34.4. The van der Waals surface area contributed by atoms with Crippen LogP contribution in [0.3, 0.4) is 0 Å². The van der Waals surface area contributed by atoms with Crippen LogP contribution in [-0.4, -0.2) is 63.2 Å². The third kappa shape index (κ3) is 3.58. The molecule has 0 unspecified atom stereocenters. The molecule has 1 N–H and O–H groups in total. The molecule has 1 saturated heterocycles. The van der Waals surface area contributed by atoms with Crippen LogP contribution in [0.4, 0.5) is 0 Å². The van der Waals surface area contributed by atoms with E-state index in [9.17, 15) is 14.7 Å². The van der Waals surface area contributed by atoms with Gasteiger partial charge in [0.2, 0.25) is 0 Å². The monoisotopic (exact) mass is 432 g/mol. The Morgan fingerprint density at radius 3 is 2.44 bits per heavy atom. The van der Waals surface area contributed by atoms with Crippen molar-refractivity contribution in [3.63, 3.8) is 0 Å². The predicted octanol–water partition coefficient (Wildman–Crippen LogP) is 3.24. The summed E-state index contributed by atoms with van der Waals surface area (Å²) in [7, 11) is 3.84. The molecule has 1 aliphatic heterocycles. The van der Waals surface area contributed by atoms with Gasteiger partial charge in [0.1, 0.15) is 11.3 Å². The van der Waals surface area contributed by atoms with Crippen LogP contribution in [0.5, 0.6) is 0 Å². The van der Waals surface area contributed by atoms with Crippen LogP contribution in [0, 0.1) is 20.8 Å². The van der Waals surface area contributed by atoms with Gasteiger partial charge in [-0.15, -0.1) is 0 Å². The summed E-state index contributed by atoms with van der Waals surface area (Å²) in [5.41, 5.74) is 4.66. The number of benzene rings is 1. The quantitative estimate of drug-likeness (QED) is 0.380. The minimum atomic E-state index is -0.672. The Bertz CT molecular complexity index is 1240. The molecule has 7 heteroatoms. The van der Waals surface area contributed by atoms with Gasteiger partial charge in [-0.1, -0.05) is 35.9 Å². The Morgan fingerprint density at radius 1 is 1.09 bits per heavy atom. The second-order valence-corrected chi connectivity index (χ2v) is 8.64. The zero-order chi connectivity index (χ0) is 23.2. The van der Waals surface area contributed by atoms with Gasteiger partial charge < -0.3 is 14.9 Å². The molecule has 1 fully saturated rings. The molecule has 32 heavy (non-hydrogen) atoms. The zero-order valence-electron chi connectivity index (χ0n) is 19.1. The fourth-order valence-electron chi connectivity index (χ4n) is 4.24. The van der Waals surface area contributed by atoms with E-state index in [2.05, 4.69) is 4.98 Å². The number of carbonyl (C=O) groups is 2. The maximum absolute atomic E-state index is 13.2. The molecule has 1 aliphatic rings. The summed E-state index contributed by atoms with van der Waals surface area (Å²) in [5, 5.41) is 11.5. The number of aryl methyl sites for hydroxylation is 3. The van der Waals surface area contributed by atoms with Gasteiger partial charge in [0.25, 0.3) is 11.7 Å². The van der Waals surface area contributed by atoms with Crippen LogP contribution in [0.15, 0.2) is 48.2 Å². The van der Waals surface area contributed by atoms with E-state index in [1.54, 1.807) is 22.4 Å². The molecule has 1 amide bonds. The van der Waals surface area contributed by atoms with Gasteiger partial charge in [-0.3, -0.25) is 14.0 Å². The lowest BCUT2D eigenvalue weighted by Crippen LogP contribution is -2.35. The first-order valence-electron chi connectivity index (χ1n) is 10.6. The molecule has 3 aromatic rings. The Balaban J connectivity index is 1.94. The van der Waals surface area contributed by atoms with Crippen molar-refractivity contribution in [2.75, 3.05) is 27.2 Å². The van der Waals surface area contributed by atoms with Crippen molar-refractivity contribution in [2.24, 2.45) is 0 Å². The molecule has 3 heterocycles. The number of imidazole rings is 1. The van der Waals surface area contributed by atoms with Crippen LogP contribution < -0.4 is 0 Å². The highest BCUT2D eigenvalue weighted by molar-refractivity contribution is 6.46. The molecule has 2 aromatic heterocycles. The van der Waals surface area contributed by atoms with Crippen molar-refractivity contribution in [3.8, 4) is 0 Å². The second-order valence-electron chi connectivity index (χ2n) is 8.64. The largest absolute Gasteiger partial charge is 0.505 e. The fourth-order valence-corrected chi connectivity index (χ4v) is 4.24. The number of fused-ring (bicyclic) bond motifs is 1. The van der Waals surface area contributed by atoms with Crippen LogP contribution in [0.2, 0.25) is 0 Å². The summed E-state index contributed by atoms with van der Waals surface area (Å²) in [5.74, 6) is -1.47. The van der Waals surface area contributed by atoms with E-state index < -0.39 is 17.7 Å². The number of ketones is 1. The van der Waals surface area contributed by atoms with Crippen molar-refractivity contribution in [3.05, 3.63) is 76.2 Å². The number of hydrogen-bond donors (Lipinski definition) is 1. The number of hydrogen-bond acceptors (Lipinski definition) is 5. The molecule has 0 aliphatic carbocycles. The van der Waals surface area contributed by atoms with Gasteiger partial charge in [0.05, 0.1) is 17.3 Å². The number of pyridine rings is 1. The predicted molar refractivity (Wildman–Crippen MR) is 123 cm³/mol. The van der Waals surface area contributed by atoms with Gasteiger partial charge >= 0.3 is 0 Å². The molecule has 0 bridgehead atoms. The first-order chi connectivity index (χ1) is 15.2. The van der Waals surface area contributed by atoms with E-state index in [1.807, 2.05) is 69.2 Å². The molecule has 4 rings (SSSR count). The van der Waals surface area contributed by atoms with Crippen molar-refractivity contribution >= 4 is 23.1 Å². The molecular formula is C25H28N4O3. The normalized spacial score (nSPS) is 18.3. The fraction of sp³-hybridized carbons (Fsp3) is 0.320. The SMILES string of the molecule is Cc1ccc([C@H]2C(=C(O)c3c(C)nc4c(C)cccn34)C(=O)C(=O)N2CCN(C)C)cc1. The highest BCUT2D eigenvalue weighted by Gasteiger charge is 2.46.